The van der Waals surface area contributed by atoms with E-state index in [0.29, 0.717) is 0 Å². The van der Waals surface area contributed by atoms with Gasteiger partial charge in [-0.15, -0.1) is 0 Å². The molecule has 2 unspecified atom stereocenters. The molecule has 19 heteroatoms. The van der Waals surface area contributed by atoms with Crippen molar-refractivity contribution in [3.8, 4) is 0 Å². The van der Waals surface area contributed by atoms with Gasteiger partial charge in [0, 0.05) is 25.7 Å². The van der Waals surface area contributed by atoms with Crippen LogP contribution in [0.15, 0.2) is 0 Å². The third-order valence-corrected chi connectivity index (χ3v) is 6.22. The van der Waals surface area contributed by atoms with Crippen molar-refractivity contribution in [1.82, 2.24) is 0 Å². The van der Waals surface area contributed by atoms with E-state index in [1.807, 2.05) is 0 Å². The van der Waals surface area contributed by atoms with Crippen LogP contribution in [0.4, 0.5) is 0 Å². The van der Waals surface area contributed by atoms with E-state index in [1.165, 1.54) is 27.7 Å². The molecule has 0 aliphatic heterocycles. The molecule has 3 N–H and O–H groups in total. The molecule has 0 aliphatic rings. The quantitative estimate of drug-likeness (QED) is 0.0870. The van der Waals surface area contributed by atoms with Crippen molar-refractivity contribution < 1.29 is 80.2 Å². The summed E-state index contributed by atoms with van der Waals surface area (Å²) in [6, 6.07) is 0. The number of carbonyl (C=O) groups excluding carboxylic acids is 4. The van der Waals surface area contributed by atoms with E-state index in [1.54, 1.807) is 0 Å². The first-order valence-corrected chi connectivity index (χ1v) is 15.3. The summed E-state index contributed by atoms with van der Waals surface area (Å²) in [5.41, 5.74) is 0. The van der Waals surface area contributed by atoms with Gasteiger partial charge in [0.1, 0.15) is 19.3 Å². The topological polar surface area (TPSA) is 237 Å². The standard InChI is InChI=1S/C21H38O17P2/c1-5-18(23)31-11-16(37-20(25)7-3)13-35-39(27,28)33-9-15(22)10-34-40(29,30)36-14-17(38-21(26)8-4)12-32-19(24)6-2/h15-17,22H,5-14H2,1-4H3,(H,27,28)(H,29,30)/t16-,17-/m1/s1. The molecule has 0 radical (unpaired) electrons. The van der Waals surface area contributed by atoms with E-state index in [9.17, 15) is 43.2 Å². The summed E-state index contributed by atoms with van der Waals surface area (Å²) in [5.74, 6) is -2.58. The highest BCUT2D eigenvalue weighted by Gasteiger charge is 2.29. The Labute approximate surface area is 231 Å². The van der Waals surface area contributed by atoms with Crippen molar-refractivity contribution in [2.45, 2.75) is 71.7 Å². The number of aliphatic hydroxyl groups is 1. The summed E-state index contributed by atoms with van der Waals surface area (Å²) < 4.78 is 62.4. The number of carbonyl (C=O) groups is 4. The molecule has 0 aromatic carbocycles. The lowest BCUT2D eigenvalue weighted by Gasteiger charge is -2.21. The SMILES string of the molecule is CCC(=O)OC[C@H](COP(=O)(O)OCC(O)COP(=O)(O)OC[C@@H](COC(=O)CC)OC(=O)CC)OC(=O)CC. The Balaban J connectivity index is 4.73. The first kappa shape index (κ1) is 38.1. The molecular weight excluding hydrogens is 586 g/mol. The van der Waals surface area contributed by atoms with Crippen molar-refractivity contribution in [2.24, 2.45) is 0 Å². The lowest BCUT2D eigenvalue weighted by Crippen LogP contribution is -2.30. The van der Waals surface area contributed by atoms with Gasteiger partial charge in [0.05, 0.1) is 26.4 Å². The zero-order chi connectivity index (χ0) is 30.8. The summed E-state index contributed by atoms with van der Waals surface area (Å²) in [5, 5.41) is 9.90. The predicted molar refractivity (Wildman–Crippen MR) is 132 cm³/mol. The number of ether oxygens (including phenoxy) is 4. The van der Waals surface area contributed by atoms with E-state index in [0.717, 1.165) is 0 Å². The molecule has 0 heterocycles. The molecule has 0 bridgehead atoms. The molecule has 4 atom stereocenters. The smallest absolute Gasteiger partial charge is 0.462 e. The van der Waals surface area contributed by atoms with Crippen molar-refractivity contribution in [1.29, 1.82) is 0 Å². The highest BCUT2D eigenvalue weighted by molar-refractivity contribution is 7.47. The van der Waals surface area contributed by atoms with Crippen molar-refractivity contribution >= 4 is 39.5 Å². The number of esters is 4. The molecule has 0 saturated carbocycles. The van der Waals surface area contributed by atoms with Gasteiger partial charge in [0.2, 0.25) is 0 Å². The molecule has 0 aromatic heterocycles. The molecule has 0 saturated heterocycles. The zero-order valence-corrected chi connectivity index (χ0v) is 24.5. The number of hydrogen-bond donors (Lipinski definition) is 3. The highest BCUT2D eigenvalue weighted by Crippen LogP contribution is 2.45. The molecule has 0 spiro atoms. The maximum atomic E-state index is 12.1. The largest absolute Gasteiger partial charge is 0.472 e. The van der Waals surface area contributed by atoms with E-state index in [4.69, 9.17) is 28.0 Å². The average molecular weight is 624 g/mol. The van der Waals surface area contributed by atoms with Gasteiger partial charge in [-0.3, -0.25) is 37.3 Å². The lowest BCUT2D eigenvalue weighted by molar-refractivity contribution is -0.160. The van der Waals surface area contributed by atoms with Crippen LogP contribution < -0.4 is 0 Å². The van der Waals surface area contributed by atoms with Crippen LogP contribution in [0.3, 0.4) is 0 Å². The Morgan fingerprint density at radius 3 is 1.15 bits per heavy atom. The molecule has 0 fully saturated rings. The van der Waals surface area contributed by atoms with Crippen LogP contribution in [0.5, 0.6) is 0 Å². The highest BCUT2D eigenvalue weighted by atomic mass is 31.2. The van der Waals surface area contributed by atoms with Crippen LogP contribution in [0.1, 0.15) is 53.4 Å². The Morgan fingerprint density at radius 2 is 0.850 bits per heavy atom. The normalized spacial score (nSPS) is 16.5. The summed E-state index contributed by atoms with van der Waals surface area (Å²) in [6.07, 6.45) is -4.10. The minimum absolute atomic E-state index is 0.0208. The lowest BCUT2D eigenvalue weighted by atomic mass is 10.4. The maximum Gasteiger partial charge on any atom is 0.472 e. The number of aliphatic hydroxyl groups excluding tert-OH is 1. The summed E-state index contributed by atoms with van der Waals surface area (Å²) >= 11 is 0. The fourth-order valence-corrected chi connectivity index (χ4v) is 3.76. The van der Waals surface area contributed by atoms with Gasteiger partial charge in [-0.1, -0.05) is 27.7 Å². The van der Waals surface area contributed by atoms with E-state index in [-0.39, 0.29) is 25.7 Å². The molecular formula is C21H38O17P2. The van der Waals surface area contributed by atoms with Gasteiger partial charge in [-0.05, 0) is 0 Å². The van der Waals surface area contributed by atoms with Crippen LogP contribution >= 0.6 is 15.6 Å². The summed E-state index contributed by atoms with van der Waals surface area (Å²) in [4.78, 5) is 65.3. The van der Waals surface area contributed by atoms with E-state index < -0.39 is 97.5 Å². The van der Waals surface area contributed by atoms with Gasteiger partial charge in [-0.25, -0.2) is 9.13 Å². The van der Waals surface area contributed by atoms with Gasteiger partial charge >= 0.3 is 39.5 Å². The van der Waals surface area contributed by atoms with Crippen LogP contribution in [-0.4, -0.2) is 96.7 Å². The second kappa shape index (κ2) is 20.0. The first-order chi connectivity index (χ1) is 18.7. The number of hydrogen-bond acceptors (Lipinski definition) is 15. The third kappa shape index (κ3) is 19.2. The molecule has 0 rings (SSSR count). The second-order valence-corrected chi connectivity index (χ2v) is 10.7. The molecule has 0 aliphatic carbocycles. The first-order valence-electron chi connectivity index (χ1n) is 12.3. The van der Waals surface area contributed by atoms with Crippen LogP contribution in [0.25, 0.3) is 0 Å². The second-order valence-electron chi connectivity index (χ2n) is 7.78. The molecule has 0 aromatic rings. The average Bonchev–Trinajstić information content (AvgIpc) is 2.92. The van der Waals surface area contributed by atoms with Crippen molar-refractivity contribution in [3.05, 3.63) is 0 Å². The minimum atomic E-state index is -4.83. The Bertz CT molecular complexity index is 824. The van der Waals surface area contributed by atoms with Gasteiger partial charge in [0.25, 0.3) is 0 Å². The van der Waals surface area contributed by atoms with Gasteiger partial charge in [-0.2, -0.15) is 0 Å². The summed E-state index contributed by atoms with van der Waals surface area (Å²) in [6.45, 7) is 1.99. The number of phosphoric ester groups is 2. The summed E-state index contributed by atoms with van der Waals surface area (Å²) in [7, 11) is -9.66. The zero-order valence-electron chi connectivity index (χ0n) is 22.8. The number of rotatable bonds is 22. The van der Waals surface area contributed by atoms with Crippen LogP contribution in [-0.2, 0) is 65.4 Å². The maximum absolute atomic E-state index is 12.1. The minimum Gasteiger partial charge on any atom is -0.462 e. The Morgan fingerprint density at radius 1 is 0.550 bits per heavy atom. The molecule has 0 amide bonds. The fraction of sp³-hybridized carbons (Fsp3) is 0.810. The van der Waals surface area contributed by atoms with Gasteiger partial charge < -0.3 is 33.8 Å². The molecule has 234 valence electrons. The molecule has 17 nitrogen and oxygen atoms in total. The Kier molecular flexibility index (Phi) is 19.1. The monoisotopic (exact) mass is 624 g/mol. The molecule has 40 heavy (non-hydrogen) atoms. The van der Waals surface area contributed by atoms with Gasteiger partial charge in [0.15, 0.2) is 12.2 Å². The van der Waals surface area contributed by atoms with Crippen LogP contribution in [0, 0.1) is 0 Å². The predicted octanol–water partition coefficient (Wildman–Crippen LogP) is 1.16. The van der Waals surface area contributed by atoms with Crippen molar-refractivity contribution in [2.75, 3.05) is 39.6 Å². The van der Waals surface area contributed by atoms with E-state index in [2.05, 4.69) is 9.05 Å². The number of phosphoric acid groups is 2. The fourth-order valence-electron chi connectivity index (χ4n) is 2.18. The van der Waals surface area contributed by atoms with E-state index >= 15 is 0 Å². The Hall–Kier alpha value is -1.94. The third-order valence-electron chi connectivity index (χ3n) is 4.32. The van der Waals surface area contributed by atoms with Crippen LogP contribution in [0.2, 0.25) is 0 Å². The van der Waals surface area contributed by atoms with Crippen molar-refractivity contribution in [3.63, 3.8) is 0 Å².